The van der Waals surface area contributed by atoms with E-state index >= 15 is 0 Å². The van der Waals surface area contributed by atoms with Gasteiger partial charge in [0.15, 0.2) is 0 Å². The van der Waals surface area contributed by atoms with E-state index in [0.717, 1.165) is 25.2 Å². The van der Waals surface area contributed by atoms with Crippen LogP contribution in [-0.2, 0) is 0 Å². The Balaban J connectivity index is 4.04. The molecule has 0 aromatic heterocycles. The third-order valence-electron chi connectivity index (χ3n) is 3.36. The van der Waals surface area contributed by atoms with Crippen LogP contribution in [0.4, 0.5) is 0 Å². The lowest BCUT2D eigenvalue weighted by molar-refractivity contribution is 0.0680. The van der Waals surface area contributed by atoms with Gasteiger partial charge < -0.3 is 5.11 Å². The van der Waals surface area contributed by atoms with Gasteiger partial charge in [-0.3, -0.25) is 0 Å². The van der Waals surface area contributed by atoms with Crippen molar-refractivity contribution in [3.63, 3.8) is 0 Å². The molecule has 1 nitrogen and oxygen atoms in total. The fraction of sp³-hybridized carbons (Fsp3) is 1.00. The van der Waals surface area contributed by atoms with Gasteiger partial charge in [0.25, 0.3) is 0 Å². The predicted octanol–water partition coefficient (Wildman–Crippen LogP) is 4.49. The van der Waals surface area contributed by atoms with Crippen LogP contribution >= 0.6 is 0 Å². The number of rotatable bonds is 8. The summed E-state index contributed by atoms with van der Waals surface area (Å²) in [4.78, 5) is 0. The summed E-state index contributed by atoms with van der Waals surface area (Å²) in [7, 11) is 0. The first-order chi connectivity index (χ1) is 7.36. The average Bonchev–Trinajstić information content (AvgIpc) is 2.11. The van der Waals surface area contributed by atoms with Crippen molar-refractivity contribution >= 4 is 0 Å². The SMILES string of the molecule is CCC(CC(C)C)C(O)CC(C)CC(C)C. The van der Waals surface area contributed by atoms with Gasteiger partial charge in [0.1, 0.15) is 0 Å². The highest BCUT2D eigenvalue weighted by Crippen LogP contribution is 2.25. The third kappa shape index (κ3) is 7.27. The second kappa shape index (κ2) is 8.11. The number of hydrogen-bond acceptors (Lipinski definition) is 1. The zero-order valence-electron chi connectivity index (χ0n) is 12.2. The molecule has 1 N–H and O–H groups in total. The molecule has 0 rings (SSSR count). The lowest BCUT2D eigenvalue weighted by Crippen LogP contribution is -2.24. The van der Waals surface area contributed by atoms with Gasteiger partial charge in [0.05, 0.1) is 6.10 Å². The van der Waals surface area contributed by atoms with Crippen molar-refractivity contribution in [3.8, 4) is 0 Å². The predicted molar refractivity (Wildman–Crippen MR) is 72.5 cm³/mol. The summed E-state index contributed by atoms with van der Waals surface area (Å²) in [5, 5.41) is 10.2. The molecule has 0 aromatic carbocycles. The van der Waals surface area contributed by atoms with Crippen LogP contribution in [-0.4, -0.2) is 11.2 Å². The summed E-state index contributed by atoms with van der Waals surface area (Å²) in [6.45, 7) is 13.5. The maximum Gasteiger partial charge on any atom is 0.0570 e. The summed E-state index contributed by atoms with van der Waals surface area (Å²) >= 11 is 0. The van der Waals surface area contributed by atoms with Crippen molar-refractivity contribution in [1.82, 2.24) is 0 Å². The number of aliphatic hydroxyl groups is 1. The van der Waals surface area contributed by atoms with Crippen molar-refractivity contribution in [2.45, 2.75) is 73.3 Å². The van der Waals surface area contributed by atoms with E-state index in [1.165, 1.54) is 6.42 Å². The van der Waals surface area contributed by atoms with Crippen LogP contribution in [0.1, 0.15) is 67.2 Å². The zero-order valence-corrected chi connectivity index (χ0v) is 12.2. The van der Waals surface area contributed by atoms with E-state index in [1.54, 1.807) is 0 Å². The molecule has 0 aliphatic rings. The second-order valence-corrected chi connectivity index (χ2v) is 6.34. The Morgan fingerprint density at radius 1 is 0.812 bits per heavy atom. The van der Waals surface area contributed by atoms with Gasteiger partial charge in [-0.1, -0.05) is 48.0 Å². The van der Waals surface area contributed by atoms with Crippen LogP contribution in [0.15, 0.2) is 0 Å². The summed E-state index contributed by atoms with van der Waals surface area (Å²) in [6, 6.07) is 0. The van der Waals surface area contributed by atoms with Crippen molar-refractivity contribution in [2.24, 2.45) is 23.7 Å². The van der Waals surface area contributed by atoms with Crippen LogP contribution in [0.5, 0.6) is 0 Å². The lowest BCUT2D eigenvalue weighted by atomic mass is 9.84. The summed E-state index contributed by atoms with van der Waals surface area (Å²) in [5.74, 6) is 2.58. The Kier molecular flexibility index (Phi) is 8.09. The molecule has 3 atom stereocenters. The highest BCUT2D eigenvalue weighted by atomic mass is 16.3. The lowest BCUT2D eigenvalue weighted by Gasteiger charge is -2.26. The largest absolute Gasteiger partial charge is 0.393 e. The quantitative estimate of drug-likeness (QED) is 0.649. The molecule has 98 valence electrons. The van der Waals surface area contributed by atoms with Gasteiger partial charge >= 0.3 is 0 Å². The Morgan fingerprint density at radius 2 is 1.31 bits per heavy atom. The second-order valence-electron chi connectivity index (χ2n) is 6.34. The van der Waals surface area contributed by atoms with Crippen molar-refractivity contribution in [3.05, 3.63) is 0 Å². The first kappa shape index (κ1) is 16.0. The third-order valence-corrected chi connectivity index (χ3v) is 3.36. The average molecular weight is 228 g/mol. The molecule has 1 heteroatoms. The monoisotopic (exact) mass is 228 g/mol. The van der Waals surface area contributed by atoms with Crippen LogP contribution in [0, 0.1) is 23.7 Å². The van der Waals surface area contributed by atoms with E-state index < -0.39 is 0 Å². The highest BCUT2D eigenvalue weighted by molar-refractivity contribution is 4.72. The van der Waals surface area contributed by atoms with Crippen LogP contribution in [0.25, 0.3) is 0 Å². The number of hydrogen-bond donors (Lipinski definition) is 1. The molecule has 3 unspecified atom stereocenters. The minimum absolute atomic E-state index is 0.0962. The van der Waals surface area contributed by atoms with Crippen molar-refractivity contribution in [1.29, 1.82) is 0 Å². The van der Waals surface area contributed by atoms with Gasteiger partial charge in [-0.2, -0.15) is 0 Å². The van der Waals surface area contributed by atoms with Crippen LogP contribution in [0.3, 0.4) is 0 Å². The van der Waals surface area contributed by atoms with Gasteiger partial charge in [-0.15, -0.1) is 0 Å². The maximum absolute atomic E-state index is 10.2. The Hall–Kier alpha value is -0.0400. The van der Waals surface area contributed by atoms with Gasteiger partial charge in [0.2, 0.25) is 0 Å². The minimum atomic E-state index is -0.0962. The fourth-order valence-electron chi connectivity index (χ4n) is 2.71. The summed E-state index contributed by atoms with van der Waals surface area (Å²) in [6.07, 6.45) is 4.37. The van der Waals surface area contributed by atoms with E-state index in [9.17, 15) is 5.11 Å². The molecule has 0 saturated carbocycles. The normalized spacial score (nSPS) is 17.8. The molecule has 0 aromatic rings. The smallest absolute Gasteiger partial charge is 0.0570 e. The van der Waals surface area contributed by atoms with Gasteiger partial charge in [-0.25, -0.2) is 0 Å². The Morgan fingerprint density at radius 3 is 1.69 bits per heavy atom. The molecule has 0 heterocycles. The fourth-order valence-corrected chi connectivity index (χ4v) is 2.71. The topological polar surface area (TPSA) is 20.2 Å². The Bertz CT molecular complexity index is 163. The first-order valence-corrected chi connectivity index (χ1v) is 7.04. The van der Waals surface area contributed by atoms with E-state index in [-0.39, 0.29) is 6.10 Å². The molecule has 0 spiro atoms. The molecule has 0 amide bonds. The van der Waals surface area contributed by atoms with Crippen molar-refractivity contribution in [2.75, 3.05) is 0 Å². The molecule has 0 fully saturated rings. The molecule has 0 aliphatic carbocycles. The highest BCUT2D eigenvalue weighted by Gasteiger charge is 2.21. The van der Waals surface area contributed by atoms with E-state index in [0.29, 0.717) is 17.8 Å². The van der Waals surface area contributed by atoms with Crippen LogP contribution < -0.4 is 0 Å². The van der Waals surface area contributed by atoms with Gasteiger partial charge in [0, 0.05) is 0 Å². The summed E-state index contributed by atoms with van der Waals surface area (Å²) < 4.78 is 0. The number of aliphatic hydroxyl groups excluding tert-OH is 1. The molecule has 0 aliphatic heterocycles. The van der Waals surface area contributed by atoms with E-state index in [1.807, 2.05) is 0 Å². The molecule has 0 saturated heterocycles. The van der Waals surface area contributed by atoms with Gasteiger partial charge in [-0.05, 0) is 42.9 Å². The van der Waals surface area contributed by atoms with Crippen LogP contribution in [0.2, 0.25) is 0 Å². The molecule has 16 heavy (non-hydrogen) atoms. The minimum Gasteiger partial charge on any atom is -0.393 e. The molecular weight excluding hydrogens is 196 g/mol. The zero-order chi connectivity index (χ0) is 12.7. The van der Waals surface area contributed by atoms with Crippen molar-refractivity contribution < 1.29 is 5.11 Å². The van der Waals surface area contributed by atoms with E-state index in [4.69, 9.17) is 0 Å². The molecular formula is C15H32O. The maximum atomic E-state index is 10.2. The van der Waals surface area contributed by atoms with E-state index in [2.05, 4.69) is 41.5 Å². The standard InChI is InChI=1S/C15H32O/c1-7-14(9-12(4)5)15(16)10-13(6)8-11(2)3/h11-16H,7-10H2,1-6H3. The first-order valence-electron chi connectivity index (χ1n) is 7.04. The Labute approximate surface area is 103 Å². The molecule has 0 bridgehead atoms. The molecule has 0 radical (unpaired) electrons. The summed E-state index contributed by atoms with van der Waals surface area (Å²) in [5.41, 5.74) is 0.